The standard InChI is InChI=1S/C24H31BrN2O4/c1-31-22(29)11-20(18-2-4-19(25)5-3-18)27-21(28)6-7-26-23(30)24-12-15-8-16(13-24)10-17(9-15)14-24/h2-5,15-17,20H,6-14H2,1H3,(H,26,30)(H,27,28). The van der Waals surface area contributed by atoms with Gasteiger partial charge in [0.05, 0.1) is 19.6 Å². The van der Waals surface area contributed by atoms with Crippen LogP contribution < -0.4 is 10.6 Å². The predicted molar refractivity (Wildman–Crippen MR) is 120 cm³/mol. The quantitative estimate of drug-likeness (QED) is 0.541. The first-order chi connectivity index (χ1) is 14.9. The molecule has 0 aliphatic heterocycles. The summed E-state index contributed by atoms with van der Waals surface area (Å²) in [5.41, 5.74) is 0.635. The number of carbonyl (C=O) groups is 3. The lowest BCUT2D eigenvalue weighted by molar-refractivity contribution is -0.146. The highest BCUT2D eigenvalue weighted by Crippen LogP contribution is 2.60. The number of esters is 1. The number of amides is 2. The van der Waals surface area contributed by atoms with Crippen molar-refractivity contribution < 1.29 is 19.1 Å². The molecule has 4 bridgehead atoms. The number of nitrogens with one attached hydrogen (secondary N) is 2. The minimum absolute atomic E-state index is 0.0590. The Morgan fingerprint density at radius 3 is 2.19 bits per heavy atom. The molecular formula is C24H31BrN2O4. The summed E-state index contributed by atoms with van der Waals surface area (Å²) < 4.78 is 5.70. The second-order valence-electron chi connectivity index (χ2n) is 9.66. The number of hydrogen-bond donors (Lipinski definition) is 2. The first kappa shape index (κ1) is 22.3. The van der Waals surface area contributed by atoms with Gasteiger partial charge in [-0.2, -0.15) is 0 Å². The van der Waals surface area contributed by atoms with Gasteiger partial charge in [-0.15, -0.1) is 0 Å². The fourth-order valence-corrected chi connectivity index (χ4v) is 6.59. The van der Waals surface area contributed by atoms with Crippen molar-refractivity contribution in [2.45, 2.75) is 57.4 Å². The summed E-state index contributed by atoms with van der Waals surface area (Å²) >= 11 is 3.40. The van der Waals surface area contributed by atoms with Crippen molar-refractivity contribution in [3.63, 3.8) is 0 Å². The Labute approximate surface area is 192 Å². The van der Waals surface area contributed by atoms with E-state index in [1.54, 1.807) is 0 Å². The number of rotatable bonds is 8. The second kappa shape index (κ2) is 9.31. The van der Waals surface area contributed by atoms with Gasteiger partial charge in [0.1, 0.15) is 0 Å². The molecule has 0 heterocycles. The SMILES string of the molecule is COC(=O)CC(NC(=O)CCNC(=O)C12CC3CC(CC(C3)C1)C2)c1ccc(Br)cc1. The fourth-order valence-electron chi connectivity index (χ4n) is 6.33. The molecule has 168 valence electrons. The highest BCUT2D eigenvalue weighted by Gasteiger charge is 2.54. The molecule has 0 radical (unpaired) electrons. The van der Waals surface area contributed by atoms with Crippen LogP contribution in [-0.2, 0) is 19.1 Å². The maximum Gasteiger partial charge on any atom is 0.307 e. The Balaban J connectivity index is 1.29. The lowest BCUT2D eigenvalue weighted by Crippen LogP contribution is -2.53. The monoisotopic (exact) mass is 490 g/mol. The predicted octanol–water partition coefficient (Wildman–Crippen LogP) is 3.89. The van der Waals surface area contributed by atoms with Gasteiger partial charge in [-0.25, -0.2) is 0 Å². The molecule has 1 aromatic rings. The number of carbonyl (C=O) groups excluding carboxylic acids is 3. The molecule has 1 atom stereocenters. The van der Waals surface area contributed by atoms with Gasteiger partial charge in [-0.3, -0.25) is 14.4 Å². The number of benzene rings is 1. The maximum absolute atomic E-state index is 13.0. The van der Waals surface area contributed by atoms with Crippen molar-refractivity contribution in [1.29, 1.82) is 0 Å². The zero-order valence-corrected chi connectivity index (χ0v) is 19.6. The largest absolute Gasteiger partial charge is 0.469 e. The summed E-state index contributed by atoms with van der Waals surface area (Å²) in [7, 11) is 1.34. The van der Waals surface area contributed by atoms with Crippen LogP contribution in [0.4, 0.5) is 0 Å². The minimum Gasteiger partial charge on any atom is -0.469 e. The van der Waals surface area contributed by atoms with E-state index in [2.05, 4.69) is 26.6 Å². The van der Waals surface area contributed by atoms with Gasteiger partial charge >= 0.3 is 5.97 Å². The topological polar surface area (TPSA) is 84.5 Å². The molecule has 1 aromatic carbocycles. The Hall–Kier alpha value is -1.89. The number of halogens is 1. The van der Waals surface area contributed by atoms with E-state index in [-0.39, 0.29) is 36.0 Å². The molecule has 0 saturated heterocycles. The molecule has 7 heteroatoms. The summed E-state index contributed by atoms with van der Waals surface area (Å²) in [6, 6.07) is 7.01. The number of ether oxygens (including phenoxy) is 1. The van der Waals surface area contributed by atoms with E-state index < -0.39 is 6.04 Å². The van der Waals surface area contributed by atoms with E-state index in [4.69, 9.17) is 4.74 Å². The Kier molecular flexibility index (Phi) is 6.70. The van der Waals surface area contributed by atoms with Gasteiger partial charge in [0.2, 0.25) is 11.8 Å². The lowest BCUT2D eigenvalue weighted by Gasteiger charge is -2.55. The van der Waals surface area contributed by atoms with Crippen molar-refractivity contribution in [1.82, 2.24) is 10.6 Å². The number of hydrogen-bond acceptors (Lipinski definition) is 4. The van der Waals surface area contributed by atoms with Crippen LogP contribution in [0.1, 0.15) is 63.0 Å². The Morgan fingerprint density at radius 1 is 1.06 bits per heavy atom. The fraction of sp³-hybridized carbons (Fsp3) is 0.625. The van der Waals surface area contributed by atoms with Crippen LogP contribution in [-0.4, -0.2) is 31.4 Å². The third-order valence-corrected chi connectivity index (χ3v) is 7.89. The Morgan fingerprint density at radius 2 is 1.65 bits per heavy atom. The molecule has 2 N–H and O–H groups in total. The normalized spacial score (nSPS) is 29.3. The molecular weight excluding hydrogens is 460 g/mol. The molecule has 0 aromatic heterocycles. The first-order valence-electron chi connectivity index (χ1n) is 11.3. The molecule has 6 nitrogen and oxygen atoms in total. The van der Waals surface area contributed by atoms with Crippen LogP contribution in [0.25, 0.3) is 0 Å². The molecule has 4 saturated carbocycles. The molecule has 0 spiro atoms. The average molecular weight is 491 g/mol. The zero-order chi connectivity index (χ0) is 22.0. The van der Waals surface area contributed by atoms with Crippen LogP contribution in [0.2, 0.25) is 0 Å². The van der Waals surface area contributed by atoms with Crippen molar-refractivity contribution in [3.05, 3.63) is 34.3 Å². The van der Waals surface area contributed by atoms with Crippen LogP contribution in [0, 0.1) is 23.2 Å². The number of methoxy groups -OCH3 is 1. The third kappa shape index (κ3) is 5.13. The summed E-state index contributed by atoms with van der Waals surface area (Å²) in [6.45, 7) is 0.317. The highest BCUT2D eigenvalue weighted by molar-refractivity contribution is 9.10. The van der Waals surface area contributed by atoms with E-state index in [1.165, 1.54) is 26.4 Å². The minimum atomic E-state index is -0.466. The molecule has 5 rings (SSSR count). The van der Waals surface area contributed by atoms with E-state index in [0.717, 1.165) is 29.3 Å². The Bertz CT molecular complexity index is 803. The summed E-state index contributed by atoms with van der Waals surface area (Å²) in [4.78, 5) is 37.4. The van der Waals surface area contributed by atoms with Crippen molar-refractivity contribution >= 4 is 33.7 Å². The van der Waals surface area contributed by atoms with Crippen LogP contribution in [0.5, 0.6) is 0 Å². The summed E-state index contributed by atoms with van der Waals surface area (Å²) in [5.74, 6) is 1.70. The smallest absolute Gasteiger partial charge is 0.307 e. The van der Waals surface area contributed by atoms with Gasteiger partial charge in [0.15, 0.2) is 0 Å². The molecule has 4 fully saturated rings. The molecule has 4 aliphatic carbocycles. The third-order valence-electron chi connectivity index (χ3n) is 7.36. The average Bonchev–Trinajstić information content (AvgIpc) is 2.72. The maximum atomic E-state index is 13.0. The van der Waals surface area contributed by atoms with Gasteiger partial charge in [-0.1, -0.05) is 28.1 Å². The van der Waals surface area contributed by atoms with Crippen LogP contribution in [0.3, 0.4) is 0 Å². The second-order valence-corrected chi connectivity index (χ2v) is 10.6. The van der Waals surface area contributed by atoms with E-state index in [9.17, 15) is 14.4 Å². The van der Waals surface area contributed by atoms with Gasteiger partial charge in [0, 0.05) is 22.9 Å². The first-order valence-corrected chi connectivity index (χ1v) is 12.1. The summed E-state index contributed by atoms with van der Waals surface area (Å²) in [6.07, 6.45) is 7.19. The van der Waals surface area contributed by atoms with Crippen molar-refractivity contribution in [3.8, 4) is 0 Å². The molecule has 4 aliphatic rings. The lowest BCUT2D eigenvalue weighted by atomic mass is 9.49. The van der Waals surface area contributed by atoms with Crippen LogP contribution >= 0.6 is 15.9 Å². The van der Waals surface area contributed by atoms with Gasteiger partial charge in [-0.05, 0) is 74.0 Å². The van der Waals surface area contributed by atoms with Crippen molar-refractivity contribution in [2.24, 2.45) is 23.2 Å². The molecule has 1 unspecified atom stereocenters. The molecule has 31 heavy (non-hydrogen) atoms. The zero-order valence-electron chi connectivity index (χ0n) is 18.0. The van der Waals surface area contributed by atoms with E-state index in [0.29, 0.717) is 24.3 Å². The van der Waals surface area contributed by atoms with E-state index in [1.807, 2.05) is 24.3 Å². The van der Waals surface area contributed by atoms with Gasteiger partial charge < -0.3 is 15.4 Å². The molecule has 2 amide bonds. The van der Waals surface area contributed by atoms with Crippen molar-refractivity contribution in [2.75, 3.05) is 13.7 Å². The van der Waals surface area contributed by atoms with Gasteiger partial charge in [0.25, 0.3) is 0 Å². The summed E-state index contributed by atoms with van der Waals surface area (Å²) in [5, 5.41) is 5.97. The highest BCUT2D eigenvalue weighted by atomic mass is 79.9. The van der Waals surface area contributed by atoms with E-state index >= 15 is 0 Å². The van der Waals surface area contributed by atoms with Crippen LogP contribution in [0.15, 0.2) is 28.7 Å².